The molecule has 5 rings (SSSR count). The number of carbonyl (C=O) groups excluding carboxylic acids is 2. The number of amides is 2. The van der Waals surface area contributed by atoms with Gasteiger partial charge in [0, 0.05) is 16.9 Å². The summed E-state index contributed by atoms with van der Waals surface area (Å²) < 4.78 is 0. The third-order valence-electron chi connectivity index (χ3n) is 5.94. The van der Waals surface area contributed by atoms with Crippen molar-refractivity contribution in [2.45, 2.75) is 18.9 Å². The molecule has 1 aliphatic rings. The van der Waals surface area contributed by atoms with Gasteiger partial charge in [-0.15, -0.1) is 0 Å². The van der Waals surface area contributed by atoms with E-state index in [0.717, 1.165) is 16.9 Å². The maximum absolute atomic E-state index is 13.8. The second kappa shape index (κ2) is 8.71. The first-order valence-corrected chi connectivity index (χ1v) is 10.9. The van der Waals surface area contributed by atoms with Crippen LogP contribution in [0.5, 0.6) is 0 Å². The molecule has 0 bridgehead atoms. The normalized spacial score (nSPS) is 17.4. The Balaban J connectivity index is 1.69. The van der Waals surface area contributed by atoms with E-state index in [2.05, 4.69) is 10.3 Å². The third kappa shape index (κ3) is 3.89. The number of benzene rings is 3. The second-order valence-electron chi connectivity index (χ2n) is 8.08. The minimum Gasteiger partial charge on any atom is -0.310 e. The van der Waals surface area contributed by atoms with E-state index in [1.165, 1.54) is 0 Å². The van der Waals surface area contributed by atoms with Crippen molar-refractivity contribution in [3.8, 4) is 0 Å². The molecule has 0 saturated heterocycles. The van der Waals surface area contributed by atoms with Gasteiger partial charge in [0.15, 0.2) is 0 Å². The Hall–Kier alpha value is -4.25. The molecule has 0 saturated carbocycles. The lowest BCUT2D eigenvalue weighted by atomic mass is 9.79. The van der Waals surface area contributed by atoms with Crippen molar-refractivity contribution in [2.24, 2.45) is 0 Å². The van der Waals surface area contributed by atoms with Crippen LogP contribution in [0, 0.1) is 6.92 Å². The van der Waals surface area contributed by atoms with Gasteiger partial charge in [0.05, 0.1) is 12.0 Å². The second-order valence-corrected chi connectivity index (χ2v) is 8.08. The molecule has 4 aromatic rings. The monoisotopic (exact) mass is 433 g/mol. The van der Waals surface area contributed by atoms with Crippen LogP contribution in [0.15, 0.2) is 103 Å². The molecular weight excluding hydrogens is 410 g/mol. The van der Waals surface area contributed by atoms with E-state index in [0.29, 0.717) is 16.9 Å². The number of para-hydroxylation sites is 1. The summed E-state index contributed by atoms with van der Waals surface area (Å²) >= 11 is 0. The fourth-order valence-corrected chi connectivity index (χ4v) is 4.50. The number of aryl methyl sites for hydroxylation is 1. The van der Waals surface area contributed by atoms with Gasteiger partial charge in [-0.3, -0.25) is 14.5 Å². The predicted molar refractivity (Wildman–Crippen MR) is 129 cm³/mol. The number of hydrogen-bond donors (Lipinski definition) is 1. The van der Waals surface area contributed by atoms with Gasteiger partial charge in [0.1, 0.15) is 5.82 Å². The molecule has 0 spiro atoms. The zero-order chi connectivity index (χ0) is 22.8. The Bertz CT molecular complexity index is 1310. The number of nitrogens with zero attached hydrogens (tertiary/aromatic N) is 2. The van der Waals surface area contributed by atoms with Crippen LogP contribution in [-0.4, -0.2) is 16.8 Å². The van der Waals surface area contributed by atoms with E-state index in [9.17, 15) is 9.59 Å². The first-order chi connectivity index (χ1) is 16.1. The van der Waals surface area contributed by atoms with Gasteiger partial charge in [-0.25, -0.2) is 4.98 Å². The van der Waals surface area contributed by atoms with Gasteiger partial charge in [-0.1, -0.05) is 72.8 Å². The van der Waals surface area contributed by atoms with E-state index < -0.39 is 12.0 Å². The summed E-state index contributed by atoms with van der Waals surface area (Å²) in [5, 5.41) is 2.99. The summed E-state index contributed by atoms with van der Waals surface area (Å²) in [5.74, 6) is -0.456. The van der Waals surface area contributed by atoms with Gasteiger partial charge < -0.3 is 5.32 Å². The standard InChI is InChI=1S/C28H23N3O2/c1-19-11-10-18-24(29-19)30-27(32)25-22-16-8-9-17-23(22)28(33)31(21-14-6-3-7-15-21)26(25)20-12-4-2-5-13-20/h2-18,25-26H,1H3,(H,29,30,32)/t25-,26+/m0/s1. The van der Waals surface area contributed by atoms with Crippen LogP contribution in [0.2, 0.25) is 0 Å². The van der Waals surface area contributed by atoms with E-state index >= 15 is 0 Å². The summed E-state index contributed by atoms with van der Waals surface area (Å²) in [7, 11) is 0. The lowest BCUT2D eigenvalue weighted by Gasteiger charge is -2.41. The first kappa shape index (κ1) is 20.6. The van der Waals surface area contributed by atoms with Gasteiger partial charge >= 0.3 is 0 Å². The predicted octanol–water partition coefficient (Wildman–Crippen LogP) is 5.51. The summed E-state index contributed by atoms with van der Waals surface area (Å²) in [4.78, 5) is 33.8. The van der Waals surface area contributed by atoms with Gasteiger partial charge in [-0.2, -0.15) is 0 Å². The van der Waals surface area contributed by atoms with Crippen molar-refractivity contribution in [3.63, 3.8) is 0 Å². The van der Waals surface area contributed by atoms with Gasteiger partial charge in [0.2, 0.25) is 5.91 Å². The maximum Gasteiger partial charge on any atom is 0.259 e. The maximum atomic E-state index is 13.8. The minimum atomic E-state index is -0.621. The van der Waals surface area contributed by atoms with Crippen LogP contribution in [0.25, 0.3) is 0 Å². The molecule has 2 heterocycles. The van der Waals surface area contributed by atoms with Gasteiger partial charge in [0.25, 0.3) is 5.91 Å². The van der Waals surface area contributed by atoms with Crippen LogP contribution in [-0.2, 0) is 4.79 Å². The summed E-state index contributed by atoms with van der Waals surface area (Å²) in [6.07, 6.45) is 0. The number of fused-ring (bicyclic) bond motifs is 1. The van der Waals surface area contributed by atoms with Crippen LogP contribution < -0.4 is 10.2 Å². The average Bonchev–Trinajstić information content (AvgIpc) is 2.85. The van der Waals surface area contributed by atoms with Crippen LogP contribution in [0.3, 0.4) is 0 Å². The van der Waals surface area contributed by atoms with Crippen molar-refractivity contribution < 1.29 is 9.59 Å². The molecule has 3 aromatic carbocycles. The molecule has 0 unspecified atom stereocenters. The summed E-state index contributed by atoms with van der Waals surface area (Å²) in [5.41, 5.74) is 3.70. The van der Waals surface area contributed by atoms with Crippen LogP contribution in [0.1, 0.15) is 39.1 Å². The van der Waals surface area contributed by atoms with Crippen LogP contribution >= 0.6 is 0 Å². The van der Waals surface area contributed by atoms with E-state index in [4.69, 9.17) is 0 Å². The molecule has 5 nitrogen and oxygen atoms in total. The molecule has 2 amide bonds. The van der Waals surface area contributed by atoms with Crippen molar-refractivity contribution in [1.29, 1.82) is 0 Å². The smallest absolute Gasteiger partial charge is 0.259 e. The molecule has 33 heavy (non-hydrogen) atoms. The van der Waals surface area contributed by atoms with Crippen molar-refractivity contribution >= 4 is 23.3 Å². The quantitative estimate of drug-likeness (QED) is 0.461. The zero-order valence-electron chi connectivity index (χ0n) is 18.2. The van der Waals surface area contributed by atoms with Crippen molar-refractivity contribution in [1.82, 2.24) is 4.98 Å². The molecule has 1 aliphatic heterocycles. The van der Waals surface area contributed by atoms with E-state index in [1.54, 1.807) is 17.0 Å². The molecular formula is C28H23N3O2. The molecule has 0 radical (unpaired) electrons. The number of anilines is 2. The molecule has 1 aromatic heterocycles. The van der Waals surface area contributed by atoms with Gasteiger partial charge in [-0.05, 0) is 48.4 Å². The molecule has 2 atom stereocenters. The highest BCUT2D eigenvalue weighted by atomic mass is 16.2. The zero-order valence-corrected chi connectivity index (χ0v) is 18.2. The summed E-state index contributed by atoms with van der Waals surface area (Å²) in [6.45, 7) is 1.88. The molecule has 162 valence electrons. The molecule has 0 aliphatic carbocycles. The van der Waals surface area contributed by atoms with Crippen molar-refractivity contribution in [2.75, 3.05) is 10.2 Å². The highest BCUT2D eigenvalue weighted by molar-refractivity contribution is 6.12. The average molecular weight is 434 g/mol. The first-order valence-electron chi connectivity index (χ1n) is 10.9. The Labute approximate surface area is 192 Å². The van der Waals surface area contributed by atoms with Crippen molar-refractivity contribution in [3.05, 3.63) is 126 Å². The minimum absolute atomic E-state index is 0.122. The Kier molecular flexibility index (Phi) is 5.45. The number of rotatable bonds is 4. The number of hydrogen-bond acceptors (Lipinski definition) is 3. The third-order valence-corrected chi connectivity index (χ3v) is 5.94. The molecule has 0 fully saturated rings. The number of aromatic nitrogens is 1. The van der Waals surface area contributed by atoms with E-state index in [1.807, 2.05) is 97.9 Å². The Morgan fingerprint density at radius 1 is 0.818 bits per heavy atom. The van der Waals surface area contributed by atoms with Crippen LogP contribution in [0.4, 0.5) is 11.5 Å². The fourth-order valence-electron chi connectivity index (χ4n) is 4.50. The number of pyridine rings is 1. The number of nitrogens with one attached hydrogen (secondary N) is 1. The number of carbonyl (C=O) groups is 2. The highest BCUT2D eigenvalue weighted by Crippen LogP contribution is 2.45. The fraction of sp³-hybridized carbons (Fsp3) is 0.107. The Morgan fingerprint density at radius 2 is 1.48 bits per heavy atom. The lowest BCUT2D eigenvalue weighted by molar-refractivity contribution is -0.118. The summed E-state index contributed by atoms with van der Waals surface area (Å²) in [6, 6.07) is 31.6. The largest absolute Gasteiger partial charge is 0.310 e. The van der Waals surface area contributed by atoms with E-state index in [-0.39, 0.29) is 11.8 Å². The topological polar surface area (TPSA) is 62.3 Å². The molecule has 5 heteroatoms. The lowest BCUT2D eigenvalue weighted by Crippen LogP contribution is -2.46. The Morgan fingerprint density at radius 3 is 2.21 bits per heavy atom. The highest BCUT2D eigenvalue weighted by Gasteiger charge is 2.44. The SMILES string of the molecule is Cc1cccc(NC(=O)[C@H]2c3ccccc3C(=O)N(c3ccccc3)[C@@H]2c2ccccc2)n1. The molecule has 1 N–H and O–H groups in total.